The van der Waals surface area contributed by atoms with E-state index in [0.29, 0.717) is 11.0 Å². The Bertz CT molecular complexity index is 1950. The van der Waals surface area contributed by atoms with E-state index in [2.05, 4.69) is 59.7 Å². The molecule has 0 saturated carbocycles. The molecule has 0 radical (unpaired) electrons. The van der Waals surface area contributed by atoms with Gasteiger partial charge in [0.25, 0.3) is 0 Å². The molecule has 6 aromatic rings. The lowest BCUT2D eigenvalue weighted by atomic mass is 9.97. The second-order valence-electron chi connectivity index (χ2n) is 9.66. The van der Waals surface area contributed by atoms with Crippen LogP contribution < -0.4 is 4.90 Å². The van der Waals surface area contributed by atoms with Crippen LogP contribution >= 0.6 is 11.8 Å². The molecule has 1 aliphatic rings. The topological polar surface area (TPSA) is 52.7 Å². The number of para-hydroxylation sites is 3. The lowest BCUT2D eigenvalue weighted by Gasteiger charge is -2.17. The van der Waals surface area contributed by atoms with E-state index < -0.39 is 0 Å². The van der Waals surface area contributed by atoms with E-state index in [0.717, 1.165) is 38.4 Å². The quantitative estimate of drug-likeness (QED) is 0.120. The maximum atomic E-state index is 5.05. The molecule has 0 aliphatic carbocycles. The van der Waals surface area contributed by atoms with Crippen molar-refractivity contribution in [3.8, 4) is 0 Å². The number of hydrogen-bond acceptors (Lipinski definition) is 5. The summed E-state index contributed by atoms with van der Waals surface area (Å²) < 4.78 is 0. The number of benzene rings is 6. The maximum Gasteiger partial charge on any atom is 0.202 e. The Kier molecular flexibility index (Phi) is 7.11. The van der Waals surface area contributed by atoms with Gasteiger partial charge in [-0.2, -0.15) is 5.10 Å². The fraction of sp³-hybridized carbons (Fsp3) is 0. The van der Waals surface area contributed by atoms with Gasteiger partial charge in [0.1, 0.15) is 5.04 Å². The summed E-state index contributed by atoms with van der Waals surface area (Å²) in [6, 6.07) is 48.9. The van der Waals surface area contributed by atoms with Crippen LogP contribution in [0.1, 0.15) is 5.56 Å². The SMILES string of the molecule is C(=N/N=C1/SC(=Nc2ccccc2)C(=Nc2ccccc2)N1c1ccccc1)/c1c2ccccc2cc2ccccc12. The molecular formula is C36H25N5S. The predicted molar refractivity (Wildman–Crippen MR) is 180 cm³/mol. The number of rotatable bonds is 5. The van der Waals surface area contributed by atoms with E-state index in [-0.39, 0.29) is 0 Å². The molecule has 0 N–H and O–H groups in total. The zero-order valence-electron chi connectivity index (χ0n) is 22.6. The third kappa shape index (κ3) is 5.23. The number of nitrogens with zero attached hydrogens (tertiary/aromatic N) is 5. The molecule has 0 spiro atoms. The largest absolute Gasteiger partial charge is 0.269 e. The van der Waals surface area contributed by atoms with Gasteiger partial charge in [0.05, 0.1) is 17.6 Å². The summed E-state index contributed by atoms with van der Waals surface area (Å²) >= 11 is 1.46. The molecule has 6 aromatic carbocycles. The fourth-order valence-corrected chi connectivity index (χ4v) is 5.90. The average Bonchev–Trinajstić information content (AvgIpc) is 3.38. The first-order valence-electron chi connectivity index (χ1n) is 13.7. The Labute approximate surface area is 248 Å². The smallest absolute Gasteiger partial charge is 0.202 e. The summed E-state index contributed by atoms with van der Waals surface area (Å²) in [6.07, 6.45) is 1.86. The van der Waals surface area contributed by atoms with E-state index in [1.807, 2.05) is 102 Å². The summed E-state index contributed by atoms with van der Waals surface area (Å²) in [4.78, 5) is 12.1. The van der Waals surface area contributed by atoms with Crippen molar-refractivity contribution in [3.63, 3.8) is 0 Å². The molecule has 0 bridgehead atoms. The van der Waals surface area contributed by atoms with Crippen LogP contribution in [0.15, 0.2) is 166 Å². The Hall–Kier alpha value is -5.33. The van der Waals surface area contributed by atoms with E-state index in [1.54, 1.807) is 0 Å². The zero-order chi connectivity index (χ0) is 28.1. The molecule has 1 fully saturated rings. The third-order valence-corrected chi connectivity index (χ3v) is 7.83. The van der Waals surface area contributed by atoms with Crippen LogP contribution in [-0.2, 0) is 0 Å². The Balaban J connectivity index is 1.38. The Morgan fingerprint density at radius 3 is 1.69 bits per heavy atom. The number of amidine groups is 2. The van der Waals surface area contributed by atoms with Crippen molar-refractivity contribution < 1.29 is 0 Å². The highest BCUT2D eigenvalue weighted by Crippen LogP contribution is 2.33. The number of aliphatic imine (C=N–C) groups is 2. The minimum Gasteiger partial charge on any atom is -0.269 e. The molecule has 0 aromatic heterocycles. The van der Waals surface area contributed by atoms with Crippen molar-refractivity contribution in [1.29, 1.82) is 0 Å². The molecule has 5 nitrogen and oxygen atoms in total. The molecule has 1 heterocycles. The highest BCUT2D eigenvalue weighted by atomic mass is 32.2. The van der Waals surface area contributed by atoms with E-state index >= 15 is 0 Å². The van der Waals surface area contributed by atoms with Crippen LogP contribution in [0.25, 0.3) is 21.5 Å². The first-order valence-corrected chi connectivity index (χ1v) is 14.5. The number of hydrogen-bond donors (Lipinski definition) is 0. The van der Waals surface area contributed by atoms with E-state index in [4.69, 9.17) is 15.1 Å². The summed E-state index contributed by atoms with van der Waals surface area (Å²) in [7, 11) is 0. The minimum atomic E-state index is 0.673. The van der Waals surface area contributed by atoms with Gasteiger partial charge in [0.15, 0.2) is 5.84 Å². The molecular weight excluding hydrogens is 534 g/mol. The average molecular weight is 560 g/mol. The molecule has 0 atom stereocenters. The van der Waals surface area contributed by atoms with Gasteiger partial charge in [-0.1, -0.05) is 103 Å². The highest BCUT2D eigenvalue weighted by molar-refractivity contribution is 8.29. The first kappa shape index (κ1) is 25.6. The van der Waals surface area contributed by atoms with Gasteiger partial charge in [-0.05, 0) is 75.8 Å². The van der Waals surface area contributed by atoms with Crippen LogP contribution in [-0.4, -0.2) is 22.3 Å². The molecule has 0 unspecified atom stereocenters. The minimum absolute atomic E-state index is 0.673. The standard InChI is InChI=1S/C36H25N5S/c1-4-16-28(17-5-1)38-34-35(39-29-18-6-2-7-19-29)42-36(41(34)30-20-8-3-9-21-30)40-37-25-33-31-22-12-10-14-26(31)24-27-15-11-13-23-32(27)33/h1-25H/b37-25-,38-34?,39-35?,40-36+. The van der Waals surface area contributed by atoms with E-state index in [9.17, 15) is 0 Å². The normalized spacial score (nSPS) is 16.5. The molecule has 1 aliphatic heterocycles. The molecule has 200 valence electrons. The van der Waals surface area contributed by atoms with Crippen LogP contribution in [0.3, 0.4) is 0 Å². The fourth-order valence-electron chi connectivity index (χ4n) is 4.98. The second-order valence-corrected chi connectivity index (χ2v) is 10.6. The van der Waals surface area contributed by atoms with Crippen LogP contribution in [0.2, 0.25) is 0 Å². The van der Waals surface area contributed by atoms with Crippen molar-refractivity contribution >= 4 is 72.6 Å². The molecule has 7 rings (SSSR count). The molecule has 6 heteroatoms. The van der Waals surface area contributed by atoms with Gasteiger partial charge in [-0.3, -0.25) is 4.90 Å². The Morgan fingerprint density at radius 1 is 0.548 bits per heavy atom. The maximum absolute atomic E-state index is 5.05. The van der Waals surface area contributed by atoms with Gasteiger partial charge in [-0.25, -0.2) is 9.98 Å². The van der Waals surface area contributed by atoms with Gasteiger partial charge < -0.3 is 0 Å². The second kappa shape index (κ2) is 11.6. The summed E-state index contributed by atoms with van der Waals surface area (Å²) in [5.74, 6) is 0.700. The number of fused-ring (bicyclic) bond motifs is 2. The lowest BCUT2D eigenvalue weighted by molar-refractivity contribution is 1.24. The first-order chi connectivity index (χ1) is 20.8. The lowest BCUT2D eigenvalue weighted by Crippen LogP contribution is -2.30. The van der Waals surface area contributed by atoms with Gasteiger partial charge in [0, 0.05) is 11.3 Å². The van der Waals surface area contributed by atoms with E-state index in [1.165, 1.54) is 22.5 Å². The summed E-state index contributed by atoms with van der Waals surface area (Å²) in [6.45, 7) is 0. The highest BCUT2D eigenvalue weighted by Gasteiger charge is 2.35. The van der Waals surface area contributed by atoms with Crippen LogP contribution in [0.4, 0.5) is 17.1 Å². The van der Waals surface area contributed by atoms with Gasteiger partial charge in [0.2, 0.25) is 5.17 Å². The number of thioether (sulfide) groups is 1. The molecule has 1 saturated heterocycles. The summed E-state index contributed by atoms with van der Waals surface area (Å²) in [5.41, 5.74) is 3.66. The summed E-state index contributed by atoms with van der Waals surface area (Å²) in [5, 5.41) is 15.5. The van der Waals surface area contributed by atoms with Crippen molar-refractivity contribution in [3.05, 3.63) is 151 Å². The van der Waals surface area contributed by atoms with Crippen molar-refractivity contribution in [2.45, 2.75) is 0 Å². The predicted octanol–water partition coefficient (Wildman–Crippen LogP) is 9.40. The van der Waals surface area contributed by atoms with Crippen molar-refractivity contribution in [2.75, 3.05) is 4.90 Å². The van der Waals surface area contributed by atoms with Crippen molar-refractivity contribution in [1.82, 2.24) is 0 Å². The third-order valence-electron chi connectivity index (χ3n) is 6.92. The van der Waals surface area contributed by atoms with Crippen LogP contribution in [0.5, 0.6) is 0 Å². The van der Waals surface area contributed by atoms with Gasteiger partial charge in [-0.15, -0.1) is 5.10 Å². The monoisotopic (exact) mass is 559 g/mol. The Morgan fingerprint density at radius 2 is 1.07 bits per heavy atom. The molecule has 0 amide bonds. The zero-order valence-corrected chi connectivity index (χ0v) is 23.4. The number of anilines is 1. The van der Waals surface area contributed by atoms with Crippen molar-refractivity contribution in [2.24, 2.45) is 20.2 Å². The van der Waals surface area contributed by atoms with Crippen LogP contribution in [0, 0.1) is 0 Å². The molecule has 42 heavy (non-hydrogen) atoms. The van der Waals surface area contributed by atoms with Gasteiger partial charge >= 0.3 is 0 Å².